The monoisotopic (exact) mass is 287 g/mol. The van der Waals surface area contributed by atoms with Crippen LogP contribution < -0.4 is 10.5 Å². The molecule has 2 rings (SSSR count). The Hall–Kier alpha value is -1.08. The number of sulfonamides is 1. The van der Waals surface area contributed by atoms with Crippen LogP contribution in [0.5, 0.6) is 0 Å². The molecule has 1 aromatic carbocycles. The van der Waals surface area contributed by atoms with E-state index < -0.39 is 10.0 Å². The first kappa shape index (κ1) is 13.4. The molecule has 0 fully saturated rings. The summed E-state index contributed by atoms with van der Waals surface area (Å²) >= 11 is 5.89. The van der Waals surface area contributed by atoms with Crippen LogP contribution in [0, 0.1) is 0 Å². The first-order valence-electron chi connectivity index (χ1n) is 5.42. The van der Waals surface area contributed by atoms with Crippen molar-refractivity contribution in [1.82, 2.24) is 10.3 Å². The topological polar surface area (TPSA) is 88.0 Å². The Balaban J connectivity index is 2.00. The lowest BCUT2D eigenvalue weighted by Crippen LogP contribution is -2.26. The number of rotatable bonds is 5. The van der Waals surface area contributed by atoms with E-state index in [2.05, 4.69) is 10.3 Å². The SMILES string of the molecule is NS(=O)(=O)CCNCc1c[nH]c2cc(Cl)ccc12. The van der Waals surface area contributed by atoms with E-state index in [1.165, 1.54) is 0 Å². The number of hydrogen-bond acceptors (Lipinski definition) is 3. The van der Waals surface area contributed by atoms with Gasteiger partial charge in [-0.2, -0.15) is 0 Å². The second-order valence-electron chi connectivity index (χ2n) is 4.05. The van der Waals surface area contributed by atoms with Gasteiger partial charge in [0.2, 0.25) is 10.0 Å². The van der Waals surface area contributed by atoms with Gasteiger partial charge in [-0.05, 0) is 17.7 Å². The van der Waals surface area contributed by atoms with Crippen molar-refractivity contribution >= 4 is 32.5 Å². The predicted molar refractivity (Wildman–Crippen MR) is 73.0 cm³/mol. The van der Waals surface area contributed by atoms with Gasteiger partial charge in [0, 0.05) is 35.2 Å². The summed E-state index contributed by atoms with van der Waals surface area (Å²) in [7, 11) is -3.40. The summed E-state index contributed by atoms with van der Waals surface area (Å²) < 4.78 is 21.5. The molecule has 4 N–H and O–H groups in total. The highest BCUT2D eigenvalue weighted by molar-refractivity contribution is 7.89. The van der Waals surface area contributed by atoms with Crippen molar-refractivity contribution in [3.63, 3.8) is 0 Å². The normalized spacial score (nSPS) is 12.1. The molecular formula is C11H14ClN3O2S. The van der Waals surface area contributed by atoms with Crippen LogP contribution >= 0.6 is 11.6 Å². The Bertz CT molecular complexity index is 651. The van der Waals surface area contributed by atoms with Crippen LogP contribution in [0.15, 0.2) is 24.4 Å². The molecule has 98 valence electrons. The van der Waals surface area contributed by atoms with Gasteiger partial charge in [0.05, 0.1) is 5.75 Å². The lowest BCUT2D eigenvalue weighted by atomic mass is 10.2. The summed E-state index contributed by atoms with van der Waals surface area (Å²) in [5, 5.41) is 9.70. The van der Waals surface area contributed by atoms with Crippen molar-refractivity contribution in [3.8, 4) is 0 Å². The van der Waals surface area contributed by atoms with Crippen LogP contribution in [0.4, 0.5) is 0 Å². The molecule has 1 heterocycles. The van der Waals surface area contributed by atoms with Gasteiger partial charge in [-0.1, -0.05) is 17.7 Å². The minimum absolute atomic E-state index is 0.0683. The number of aromatic nitrogens is 1. The van der Waals surface area contributed by atoms with Crippen LogP contribution in [-0.4, -0.2) is 25.7 Å². The molecule has 0 atom stereocenters. The fourth-order valence-electron chi connectivity index (χ4n) is 1.74. The van der Waals surface area contributed by atoms with Crippen LogP contribution in [0.2, 0.25) is 5.02 Å². The maximum atomic E-state index is 10.8. The highest BCUT2D eigenvalue weighted by atomic mass is 35.5. The summed E-state index contributed by atoms with van der Waals surface area (Å²) in [5.41, 5.74) is 2.03. The number of benzene rings is 1. The maximum absolute atomic E-state index is 10.8. The van der Waals surface area contributed by atoms with E-state index in [1.807, 2.05) is 24.4 Å². The minimum atomic E-state index is -3.40. The fraction of sp³-hybridized carbons (Fsp3) is 0.273. The molecule has 0 spiro atoms. The molecule has 5 nitrogen and oxygen atoms in total. The third kappa shape index (κ3) is 3.46. The van der Waals surface area contributed by atoms with Crippen molar-refractivity contribution in [2.45, 2.75) is 6.54 Å². The number of nitrogens with two attached hydrogens (primary N) is 1. The highest BCUT2D eigenvalue weighted by Crippen LogP contribution is 2.21. The molecule has 2 aromatic rings. The molecule has 0 saturated carbocycles. The molecule has 0 aliphatic rings. The van der Waals surface area contributed by atoms with Gasteiger partial charge in [0.25, 0.3) is 0 Å². The second kappa shape index (κ2) is 5.27. The van der Waals surface area contributed by atoms with Gasteiger partial charge in [-0.15, -0.1) is 0 Å². The van der Waals surface area contributed by atoms with E-state index in [4.69, 9.17) is 16.7 Å². The van der Waals surface area contributed by atoms with Crippen LogP contribution in [-0.2, 0) is 16.6 Å². The van der Waals surface area contributed by atoms with E-state index in [0.717, 1.165) is 16.5 Å². The van der Waals surface area contributed by atoms with Crippen molar-refractivity contribution in [3.05, 3.63) is 35.0 Å². The summed E-state index contributed by atoms with van der Waals surface area (Å²) in [4.78, 5) is 3.12. The van der Waals surface area contributed by atoms with E-state index >= 15 is 0 Å². The number of hydrogen-bond donors (Lipinski definition) is 3. The Kier molecular flexibility index (Phi) is 3.91. The zero-order valence-corrected chi connectivity index (χ0v) is 11.2. The summed E-state index contributed by atoms with van der Waals surface area (Å²) in [6.07, 6.45) is 1.88. The smallest absolute Gasteiger partial charge is 0.210 e. The zero-order chi connectivity index (χ0) is 13.2. The summed E-state index contributed by atoms with van der Waals surface area (Å²) in [6.45, 7) is 0.913. The van der Waals surface area contributed by atoms with Gasteiger partial charge in [0.1, 0.15) is 0 Å². The highest BCUT2D eigenvalue weighted by Gasteiger charge is 2.05. The standard InChI is InChI=1S/C11H14ClN3O2S/c12-9-1-2-10-8(7-15-11(10)5-9)6-14-3-4-18(13,16)17/h1-2,5,7,14-15H,3-4,6H2,(H2,13,16,17). The first-order chi connectivity index (χ1) is 8.46. The van der Waals surface area contributed by atoms with Gasteiger partial charge in [-0.25, -0.2) is 13.6 Å². The van der Waals surface area contributed by atoms with E-state index in [-0.39, 0.29) is 5.75 Å². The first-order valence-corrected chi connectivity index (χ1v) is 7.52. The minimum Gasteiger partial charge on any atom is -0.361 e. The van der Waals surface area contributed by atoms with E-state index in [1.54, 1.807) is 0 Å². The summed E-state index contributed by atoms with van der Waals surface area (Å²) in [6, 6.07) is 5.61. The zero-order valence-electron chi connectivity index (χ0n) is 9.61. The Morgan fingerprint density at radius 2 is 2.17 bits per heavy atom. The van der Waals surface area contributed by atoms with Crippen molar-refractivity contribution in [1.29, 1.82) is 0 Å². The van der Waals surface area contributed by atoms with Crippen LogP contribution in [0.1, 0.15) is 5.56 Å². The maximum Gasteiger partial charge on any atom is 0.210 e. The molecule has 0 radical (unpaired) electrons. The number of fused-ring (bicyclic) bond motifs is 1. The largest absolute Gasteiger partial charge is 0.361 e. The molecular weight excluding hydrogens is 274 g/mol. The Morgan fingerprint density at radius 3 is 2.89 bits per heavy atom. The molecule has 0 unspecified atom stereocenters. The van der Waals surface area contributed by atoms with Crippen molar-refractivity contribution in [2.24, 2.45) is 5.14 Å². The van der Waals surface area contributed by atoms with Gasteiger partial charge < -0.3 is 10.3 Å². The third-order valence-corrected chi connectivity index (χ3v) is 3.62. The quantitative estimate of drug-likeness (QED) is 0.722. The molecule has 1 aromatic heterocycles. The molecule has 0 aliphatic carbocycles. The van der Waals surface area contributed by atoms with E-state index in [9.17, 15) is 8.42 Å². The van der Waals surface area contributed by atoms with Crippen molar-refractivity contribution < 1.29 is 8.42 Å². The number of halogens is 1. The second-order valence-corrected chi connectivity index (χ2v) is 6.22. The lowest BCUT2D eigenvalue weighted by molar-refractivity contribution is 0.592. The average Bonchev–Trinajstić information content (AvgIpc) is 2.65. The Morgan fingerprint density at radius 1 is 1.39 bits per heavy atom. The molecule has 0 aliphatic heterocycles. The molecule has 18 heavy (non-hydrogen) atoms. The van der Waals surface area contributed by atoms with Crippen LogP contribution in [0.3, 0.4) is 0 Å². The molecule has 0 bridgehead atoms. The summed E-state index contributed by atoms with van der Waals surface area (Å²) in [5.74, 6) is -0.0683. The van der Waals surface area contributed by atoms with E-state index in [0.29, 0.717) is 18.1 Å². The van der Waals surface area contributed by atoms with Gasteiger partial charge in [0.15, 0.2) is 0 Å². The molecule has 7 heteroatoms. The average molecular weight is 288 g/mol. The molecule has 0 amide bonds. The van der Waals surface area contributed by atoms with Crippen LogP contribution in [0.25, 0.3) is 10.9 Å². The number of H-pyrrole nitrogens is 1. The van der Waals surface area contributed by atoms with Gasteiger partial charge >= 0.3 is 0 Å². The number of aromatic amines is 1. The number of nitrogens with one attached hydrogen (secondary N) is 2. The fourth-order valence-corrected chi connectivity index (χ4v) is 2.34. The number of primary sulfonamides is 1. The molecule has 0 saturated heterocycles. The lowest BCUT2D eigenvalue weighted by Gasteiger charge is -2.02. The van der Waals surface area contributed by atoms with Gasteiger partial charge in [-0.3, -0.25) is 0 Å². The third-order valence-electron chi connectivity index (χ3n) is 2.61. The van der Waals surface area contributed by atoms with Crippen molar-refractivity contribution in [2.75, 3.05) is 12.3 Å². The Labute approximate surface area is 110 Å². The predicted octanol–water partition coefficient (Wildman–Crippen LogP) is 1.20.